The molecule has 0 saturated heterocycles. The molecule has 1 aliphatic carbocycles. The molecule has 106 valence electrons. The molecule has 1 aliphatic rings. The third-order valence-electron chi connectivity index (χ3n) is 4.55. The van der Waals surface area contributed by atoms with E-state index in [0.29, 0.717) is 23.6 Å². The zero-order chi connectivity index (χ0) is 14.3. The van der Waals surface area contributed by atoms with Crippen molar-refractivity contribution in [1.29, 1.82) is 0 Å². The Hall–Kier alpha value is -0.640. The highest BCUT2D eigenvalue weighted by molar-refractivity contribution is 6.30. The van der Waals surface area contributed by atoms with Gasteiger partial charge in [0.05, 0.1) is 6.10 Å². The molecule has 19 heavy (non-hydrogen) atoms. The van der Waals surface area contributed by atoms with Gasteiger partial charge >= 0.3 is 0 Å². The third-order valence-corrected chi connectivity index (χ3v) is 4.79. The Morgan fingerprint density at radius 1 is 1.42 bits per heavy atom. The molecule has 0 radical (unpaired) electrons. The van der Waals surface area contributed by atoms with Crippen molar-refractivity contribution in [2.75, 3.05) is 6.54 Å². The van der Waals surface area contributed by atoms with Crippen LogP contribution in [-0.4, -0.2) is 17.8 Å². The van der Waals surface area contributed by atoms with E-state index in [4.69, 9.17) is 17.3 Å². The first-order valence-electron chi connectivity index (χ1n) is 6.63. The minimum absolute atomic E-state index is 0.164. The standard InChI is InChI=1S/C15H21ClFNO/c1-14(2)5-6-15(9-18,13(14)19)8-10-3-4-11(16)7-12(10)17/h3-4,7,13,19H,5-6,8-9,18H2,1-2H3. The Morgan fingerprint density at radius 3 is 2.58 bits per heavy atom. The predicted octanol–water partition coefficient (Wildman–Crippen LogP) is 3.15. The molecule has 2 rings (SSSR count). The summed E-state index contributed by atoms with van der Waals surface area (Å²) in [6, 6.07) is 4.68. The summed E-state index contributed by atoms with van der Waals surface area (Å²) in [5.74, 6) is -0.322. The van der Waals surface area contributed by atoms with E-state index in [0.717, 1.165) is 12.8 Å². The summed E-state index contributed by atoms with van der Waals surface area (Å²) in [5, 5.41) is 10.9. The van der Waals surface area contributed by atoms with Crippen molar-refractivity contribution in [2.45, 2.75) is 39.2 Å². The van der Waals surface area contributed by atoms with Crippen molar-refractivity contribution in [1.82, 2.24) is 0 Å². The molecule has 0 heterocycles. The molecule has 3 N–H and O–H groups in total. The first-order valence-corrected chi connectivity index (χ1v) is 7.01. The van der Waals surface area contributed by atoms with Crippen LogP contribution in [0.5, 0.6) is 0 Å². The SMILES string of the molecule is CC1(C)CCC(CN)(Cc2ccc(Cl)cc2F)C1O. The molecule has 0 bridgehead atoms. The Kier molecular flexibility index (Phi) is 3.92. The molecule has 0 spiro atoms. The van der Waals surface area contributed by atoms with Gasteiger partial charge in [0.2, 0.25) is 0 Å². The van der Waals surface area contributed by atoms with Gasteiger partial charge in [-0.2, -0.15) is 0 Å². The number of hydrogen-bond acceptors (Lipinski definition) is 2. The van der Waals surface area contributed by atoms with E-state index in [1.807, 2.05) is 13.8 Å². The van der Waals surface area contributed by atoms with Gasteiger partial charge in [-0.3, -0.25) is 0 Å². The van der Waals surface area contributed by atoms with Crippen molar-refractivity contribution >= 4 is 11.6 Å². The summed E-state index contributed by atoms with van der Waals surface area (Å²) < 4.78 is 13.9. The van der Waals surface area contributed by atoms with E-state index in [2.05, 4.69) is 0 Å². The Balaban J connectivity index is 2.29. The van der Waals surface area contributed by atoms with E-state index < -0.39 is 11.5 Å². The molecular weight excluding hydrogens is 265 g/mol. The summed E-state index contributed by atoms with van der Waals surface area (Å²) in [4.78, 5) is 0. The van der Waals surface area contributed by atoms with Gasteiger partial charge in [-0.1, -0.05) is 31.5 Å². The topological polar surface area (TPSA) is 46.2 Å². The average Bonchev–Trinajstić information content (AvgIpc) is 2.57. The van der Waals surface area contributed by atoms with Crippen molar-refractivity contribution in [3.63, 3.8) is 0 Å². The molecule has 2 unspecified atom stereocenters. The lowest BCUT2D eigenvalue weighted by Gasteiger charge is -2.36. The fourth-order valence-electron chi connectivity index (χ4n) is 3.19. The smallest absolute Gasteiger partial charge is 0.127 e. The molecule has 2 nitrogen and oxygen atoms in total. The van der Waals surface area contributed by atoms with Crippen LogP contribution >= 0.6 is 11.6 Å². The summed E-state index contributed by atoms with van der Waals surface area (Å²) in [6.45, 7) is 4.43. The number of halogens is 2. The quantitative estimate of drug-likeness (QED) is 0.896. The number of aliphatic hydroxyl groups excluding tert-OH is 1. The van der Waals surface area contributed by atoms with Gasteiger partial charge in [-0.15, -0.1) is 0 Å². The molecule has 1 fully saturated rings. The summed E-state index contributed by atoms with van der Waals surface area (Å²) in [6.07, 6.45) is 1.66. The fourth-order valence-corrected chi connectivity index (χ4v) is 3.35. The minimum atomic E-state index is -0.514. The maximum absolute atomic E-state index is 13.9. The number of nitrogens with two attached hydrogens (primary N) is 1. The minimum Gasteiger partial charge on any atom is -0.392 e. The van der Waals surface area contributed by atoms with Crippen LogP contribution in [0.4, 0.5) is 4.39 Å². The van der Waals surface area contributed by atoms with E-state index in [1.54, 1.807) is 12.1 Å². The molecule has 4 heteroatoms. The molecule has 2 atom stereocenters. The van der Waals surface area contributed by atoms with Crippen LogP contribution in [0.3, 0.4) is 0 Å². The first kappa shape index (κ1) is 14.8. The molecular formula is C15H21ClFNO. The largest absolute Gasteiger partial charge is 0.392 e. The monoisotopic (exact) mass is 285 g/mol. The van der Waals surface area contributed by atoms with Gasteiger partial charge < -0.3 is 10.8 Å². The highest BCUT2D eigenvalue weighted by atomic mass is 35.5. The van der Waals surface area contributed by atoms with Crippen molar-refractivity contribution in [3.05, 3.63) is 34.6 Å². The number of rotatable bonds is 3. The molecule has 1 saturated carbocycles. The lowest BCUT2D eigenvalue weighted by Crippen LogP contribution is -2.44. The summed E-state index contributed by atoms with van der Waals surface area (Å²) in [5.41, 5.74) is 5.88. The third kappa shape index (κ3) is 2.64. The second kappa shape index (κ2) is 5.04. The number of aliphatic hydroxyl groups is 1. The molecule has 1 aromatic carbocycles. The van der Waals surface area contributed by atoms with Crippen LogP contribution in [0, 0.1) is 16.6 Å². The highest BCUT2D eigenvalue weighted by Crippen LogP contribution is 2.50. The highest BCUT2D eigenvalue weighted by Gasteiger charge is 2.51. The van der Waals surface area contributed by atoms with Gasteiger partial charge in [0.15, 0.2) is 0 Å². The molecule has 0 aliphatic heterocycles. The van der Waals surface area contributed by atoms with Gasteiger partial charge in [0, 0.05) is 17.0 Å². The van der Waals surface area contributed by atoms with Gasteiger partial charge in [0.25, 0.3) is 0 Å². The van der Waals surface area contributed by atoms with Crippen LogP contribution in [0.15, 0.2) is 18.2 Å². The molecule has 0 amide bonds. The second-order valence-electron chi connectivity index (χ2n) is 6.37. The zero-order valence-electron chi connectivity index (χ0n) is 11.4. The lowest BCUT2D eigenvalue weighted by molar-refractivity contribution is -0.00498. The van der Waals surface area contributed by atoms with Gasteiger partial charge in [-0.25, -0.2) is 4.39 Å². The van der Waals surface area contributed by atoms with Crippen molar-refractivity contribution in [3.8, 4) is 0 Å². The zero-order valence-corrected chi connectivity index (χ0v) is 12.2. The van der Waals surface area contributed by atoms with E-state index >= 15 is 0 Å². The second-order valence-corrected chi connectivity index (χ2v) is 6.81. The average molecular weight is 286 g/mol. The predicted molar refractivity (Wildman–Crippen MR) is 75.6 cm³/mol. The van der Waals surface area contributed by atoms with E-state index in [-0.39, 0.29) is 11.2 Å². The van der Waals surface area contributed by atoms with E-state index in [9.17, 15) is 9.50 Å². The Bertz CT molecular complexity index is 477. The van der Waals surface area contributed by atoms with Crippen molar-refractivity contribution in [2.24, 2.45) is 16.6 Å². The Morgan fingerprint density at radius 2 is 2.11 bits per heavy atom. The summed E-state index contributed by atoms with van der Waals surface area (Å²) >= 11 is 5.76. The van der Waals surface area contributed by atoms with Crippen LogP contribution in [0.2, 0.25) is 5.02 Å². The van der Waals surface area contributed by atoms with Gasteiger partial charge in [0.1, 0.15) is 5.82 Å². The first-order chi connectivity index (χ1) is 8.81. The van der Waals surface area contributed by atoms with Crippen LogP contribution in [-0.2, 0) is 6.42 Å². The number of benzene rings is 1. The molecule has 1 aromatic rings. The lowest BCUT2D eigenvalue weighted by atomic mass is 9.74. The molecule has 0 aromatic heterocycles. The number of hydrogen-bond donors (Lipinski definition) is 2. The maximum atomic E-state index is 13.9. The fraction of sp³-hybridized carbons (Fsp3) is 0.600. The van der Waals surface area contributed by atoms with Crippen LogP contribution in [0.25, 0.3) is 0 Å². The van der Waals surface area contributed by atoms with Gasteiger partial charge in [-0.05, 0) is 42.4 Å². The summed E-state index contributed by atoms with van der Waals surface area (Å²) in [7, 11) is 0. The normalized spacial score (nSPS) is 29.7. The Labute approximate surface area is 118 Å². The maximum Gasteiger partial charge on any atom is 0.127 e. The van der Waals surface area contributed by atoms with E-state index in [1.165, 1.54) is 6.07 Å². The van der Waals surface area contributed by atoms with Crippen molar-refractivity contribution < 1.29 is 9.50 Å². The van der Waals surface area contributed by atoms with Crippen LogP contribution in [0.1, 0.15) is 32.3 Å². The van der Waals surface area contributed by atoms with Crippen LogP contribution < -0.4 is 5.73 Å².